The third-order valence-corrected chi connectivity index (χ3v) is 17.7. The van der Waals surface area contributed by atoms with Gasteiger partial charge in [-0.25, -0.2) is 17.6 Å². The summed E-state index contributed by atoms with van der Waals surface area (Å²) in [5.74, 6) is -4.10. The number of phenols is 1. The fourth-order valence-electron chi connectivity index (χ4n) is 13.4. The molecule has 5 saturated heterocycles. The van der Waals surface area contributed by atoms with Gasteiger partial charge in [0.2, 0.25) is 11.8 Å². The minimum Gasteiger partial charge on any atom is -0.508 e. The van der Waals surface area contributed by atoms with Gasteiger partial charge in [0.15, 0.2) is 5.82 Å². The van der Waals surface area contributed by atoms with Crippen LogP contribution >= 0.6 is 0 Å². The van der Waals surface area contributed by atoms with E-state index in [1.807, 2.05) is 11.8 Å². The molecule has 380 valence electrons. The van der Waals surface area contributed by atoms with Crippen LogP contribution < -0.4 is 25.2 Å². The van der Waals surface area contributed by atoms with Crippen molar-refractivity contribution in [1.82, 2.24) is 35.4 Å². The number of aromatic hydroxyl groups is 1. The van der Waals surface area contributed by atoms with E-state index in [0.717, 1.165) is 97.2 Å². The number of nitrogens with one attached hydrogen (secondary N) is 2. The van der Waals surface area contributed by atoms with Gasteiger partial charge in [-0.05, 0) is 142 Å². The highest BCUT2D eigenvalue weighted by atomic mass is 19.1. The van der Waals surface area contributed by atoms with Crippen molar-refractivity contribution in [2.45, 2.75) is 114 Å². The van der Waals surface area contributed by atoms with Crippen molar-refractivity contribution >= 4 is 45.0 Å². The number of amides is 2. The van der Waals surface area contributed by atoms with Crippen LogP contribution in [-0.4, -0.2) is 125 Å². The number of benzene rings is 3. The molecule has 3 aromatic carbocycles. The van der Waals surface area contributed by atoms with Crippen molar-refractivity contribution in [2.75, 3.05) is 75.3 Å². The molecular weight excluding hydrogens is 927 g/mol. The molecule has 7 heterocycles. The van der Waals surface area contributed by atoms with E-state index in [0.29, 0.717) is 88.4 Å². The minimum atomic E-state index is -1.01. The number of piperidine rings is 2. The van der Waals surface area contributed by atoms with Gasteiger partial charge in [-0.2, -0.15) is 9.97 Å². The number of halogens is 4. The van der Waals surface area contributed by atoms with E-state index in [2.05, 4.69) is 30.3 Å². The highest BCUT2D eigenvalue weighted by Crippen LogP contribution is 2.50. The topological polar surface area (TPSA) is 139 Å². The third kappa shape index (κ3) is 8.90. The Bertz CT molecular complexity index is 2910. The Morgan fingerprint density at radius 1 is 0.806 bits per heavy atom. The zero-order chi connectivity index (χ0) is 49.5. The first-order chi connectivity index (χ1) is 34.8. The monoisotopic (exact) mass is 989 g/mol. The fourth-order valence-corrected chi connectivity index (χ4v) is 13.4. The van der Waals surface area contributed by atoms with E-state index in [4.69, 9.17) is 14.7 Å². The summed E-state index contributed by atoms with van der Waals surface area (Å²) >= 11 is 0. The lowest BCUT2D eigenvalue weighted by Gasteiger charge is -2.49. The van der Waals surface area contributed by atoms with Crippen molar-refractivity contribution in [3.8, 4) is 23.0 Å². The molecular formula is C55H63F4N9O4. The van der Waals surface area contributed by atoms with Gasteiger partial charge < -0.3 is 29.9 Å². The van der Waals surface area contributed by atoms with Crippen LogP contribution in [0.5, 0.6) is 11.8 Å². The van der Waals surface area contributed by atoms with Crippen molar-refractivity contribution < 1.29 is 37.0 Å². The molecule has 12 rings (SSSR count). The molecule has 7 fully saturated rings. The first kappa shape index (κ1) is 47.4. The van der Waals surface area contributed by atoms with Gasteiger partial charge >= 0.3 is 6.01 Å². The first-order valence-corrected chi connectivity index (χ1v) is 26.3. The van der Waals surface area contributed by atoms with Gasteiger partial charge in [0.05, 0.1) is 17.9 Å². The van der Waals surface area contributed by atoms with Crippen molar-refractivity contribution in [2.24, 2.45) is 10.8 Å². The van der Waals surface area contributed by atoms with E-state index in [1.165, 1.54) is 37.1 Å². The molecule has 2 amide bonds. The SMILES string of the molecule is CCc1c(F)ccc2cc(O)cc(-c3ncc4c(N5CC6CCC(C5)N6)nc(OCC5(CN6CCC7(CCC(N8CCN(c9cc(F)c(C%10CCC(=O)NC%10=O)c(F)c9)CC8)CC7)CC6)CC5)nc4c3F)c12. The van der Waals surface area contributed by atoms with Crippen molar-refractivity contribution in [1.29, 1.82) is 0 Å². The molecule has 2 bridgehead atoms. The van der Waals surface area contributed by atoms with Crippen LogP contribution in [0, 0.1) is 34.1 Å². The number of carbonyl (C=O) groups excluding carboxylic acids is 2. The number of fused-ring (bicyclic) bond motifs is 4. The largest absolute Gasteiger partial charge is 0.508 e. The Balaban J connectivity index is 0.682. The van der Waals surface area contributed by atoms with E-state index in [-0.39, 0.29) is 46.8 Å². The minimum absolute atomic E-state index is 0.0142. The highest BCUT2D eigenvalue weighted by Gasteiger charge is 2.47. The van der Waals surface area contributed by atoms with E-state index >= 15 is 17.6 Å². The zero-order valence-corrected chi connectivity index (χ0v) is 40.9. The molecule has 2 aliphatic carbocycles. The Hall–Kier alpha value is -5.65. The van der Waals surface area contributed by atoms with Crippen LogP contribution in [-0.2, 0) is 16.0 Å². The normalized spacial score (nSPS) is 24.7. The summed E-state index contributed by atoms with van der Waals surface area (Å²) in [7, 11) is 0. The van der Waals surface area contributed by atoms with Gasteiger partial charge in [0.1, 0.15) is 40.2 Å². The predicted octanol–water partition coefficient (Wildman–Crippen LogP) is 8.14. The van der Waals surface area contributed by atoms with E-state index < -0.39 is 41.0 Å². The number of hydrogen-bond donors (Lipinski definition) is 3. The standard InChI is InChI=1S/C55H63F4N9O4/c1-2-38-42(56)7-3-32-23-37(69)26-40(46(32)38)49-48(59)50-41(27-60-49)51(68-28-33-4-5-34(29-68)61-33)64-53(63-50)72-31-55(13-14-55)30-65-17-15-54(16-18-65)11-9-35(10-12-54)66-19-21-67(22-20-66)36-24-43(57)47(44(58)25-36)39-6-8-45(70)62-52(39)71/h3,7,23-27,33-35,39,61,69H,2,4-6,8-22,28-31H2,1H3,(H,62,70,71). The quantitative estimate of drug-likeness (QED) is 0.0870. The molecule has 7 aliphatic rings. The third-order valence-electron chi connectivity index (χ3n) is 17.7. The number of ether oxygens (including phenoxy) is 1. The number of carbonyl (C=O) groups is 2. The number of likely N-dealkylation sites (tertiary alicyclic amines) is 1. The summed E-state index contributed by atoms with van der Waals surface area (Å²) in [5, 5.41) is 18.2. The van der Waals surface area contributed by atoms with Crippen LogP contribution in [0.25, 0.3) is 32.9 Å². The number of phenolic OH excluding ortho intramolecular Hbond substituents is 1. The second-order valence-electron chi connectivity index (χ2n) is 22.2. The van der Waals surface area contributed by atoms with Crippen LogP contribution in [0.15, 0.2) is 42.6 Å². The number of aromatic nitrogens is 3. The number of nitrogens with zero attached hydrogens (tertiary/aromatic N) is 7. The number of anilines is 2. The van der Waals surface area contributed by atoms with Crippen LogP contribution in [0.3, 0.4) is 0 Å². The number of rotatable bonds is 11. The lowest BCUT2D eigenvalue weighted by Crippen LogP contribution is -2.53. The first-order valence-electron chi connectivity index (χ1n) is 26.3. The number of hydrogen-bond acceptors (Lipinski definition) is 12. The molecule has 3 atom stereocenters. The summed E-state index contributed by atoms with van der Waals surface area (Å²) < 4.78 is 69.6. The van der Waals surface area contributed by atoms with Gasteiger partial charge in [-0.15, -0.1) is 0 Å². The smallest absolute Gasteiger partial charge is 0.319 e. The molecule has 5 aliphatic heterocycles. The molecule has 3 N–H and O–H groups in total. The summed E-state index contributed by atoms with van der Waals surface area (Å²) in [6.07, 6.45) is 13.3. The lowest BCUT2D eigenvalue weighted by molar-refractivity contribution is -0.134. The molecule has 13 nitrogen and oxygen atoms in total. The number of aryl methyl sites for hydroxylation is 1. The maximum atomic E-state index is 17.2. The van der Waals surface area contributed by atoms with Crippen molar-refractivity contribution in [3.63, 3.8) is 0 Å². The molecule has 1 spiro atoms. The van der Waals surface area contributed by atoms with Crippen LogP contribution in [0.1, 0.15) is 101 Å². The van der Waals surface area contributed by atoms with Gasteiger partial charge in [0.25, 0.3) is 0 Å². The predicted molar refractivity (Wildman–Crippen MR) is 266 cm³/mol. The second kappa shape index (κ2) is 18.7. The second-order valence-corrected chi connectivity index (χ2v) is 22.2. The summed E-state index contributed by atoms with van der Waals surface area (Å²) in [4.78, 5) is 47.8. The molecule has 72 heavy (non-hydrogen) atoms. The molecule has 0 radical (unpaired) electrons. The molecule has 5 aromatic rings. The fraction of sp³-hybridized carbons (Fsp3) is 0.545. The van der Waals surface area contributed by atoms with E-state index in [9.17, 15) is 14.7 Å². The van der Waals surface area contributed by atoms with Crippen molar-refractivity contribution in [3.05, 3.63) is 77.0 Å². The average Bonchev–Trinajstić information content (AvgIpc) is 4.06. The Morgan fingerprint density at radius 2 is 1.53 bits per heavy atom. The molecule has 3 unspecified atom stereocenters. The zero-order valence-electron chi connectivity index (χ0n) is 40.9. The summed E-state index contributed by atoms with van der Waals surface area (Å²) in [5.41, 5.74) is 1.34. The van der Waals surface area contributed by atoms with Crippen LogP contribution in [0.2, 0.25) is 0 Å². The highest BCUT2D eigenvalue weighted by molar-refractivity contribution is 6.02. The summed E-state index contributed by atoms with van der Waals surface area (Å²) in [6.45, 7) is 9.70. The molecule has 2 aromatic heterocycles. The van der Waals surface area contributed by atoms with Gasteiger partial charge in [-0.1, -0.05) is 13.0 Å². The lowest BCUT2D eigenvalue weighted by atomic mass is 9.66. The number of pyridine rings is 1. The Kier molecular flexibility index (Phi) is 12.3. The van der Waals surface area contributed by atoms with Gasteiger partial charge in [-0.3, -0.25) is 24.8 Å². The number of imide groups is 1. The van der Waals surface area contributed by atoms with E-state index in [1.54, 1.807) is 18.3 Å². The molecule has 2 saturated carbocycles. The maximum absolute atomic E-state index is 17.2. The molecule has 17 heteroatoms. The Labute approximate surface area is 416 Å². The van der Waals surface area contributed by atoms with Gasteiger partial charge in [0, 0.05) is 98.8 Å². The summed E-state index contributed by atoms with van der Waals surface area (Å²) in [6, 6.07) is 9.90. The number of piperazine rings is 2. The maximum Gasteiger partial charge on any atom is 0.319 e. The average molecular weight is 990 g/mol. The Morgan fingerprint density at radius 3 is 2.21 bits per heavy atom. The van der Waals surface area contributed by atoms with Crippen LogP contribution in [0.4, 0.5) is 29.1 Å².